The van der Waals surface area contributed by atoms with E-state index in [2.05, 4.69) is 25.4 Å². The number of benzene rings is 1. The second-order valence-corrected chi connectivity index (χ2v) is 11.8. The molecule has 6 rings (SSSR count). The van der Waals surface area contributed by atoms with Crippen molar-refractivity contribution in [2.75, 3.05) is 0 Å². The molecule has 0 spiro atoms. The molecule has 1 aliphatic carbocycles. The van der Waals surface area contributed by atoms with Gasteiger partial charge in [0.1, 0.15) is 11.6 Å². The summed E-state index contributed by atoms with van der Waals surface area (Å²) in [6, 6.07) is 6.75. The molecule has 1 aliphatic heterocycles. The van der Waals surface area contributed by atoms with Crippen LogP contribution in [-0.2, 0) is 16.8 Å². The summed E-state index contributed by atoms with van der Waals surface area (Å²) in [5, 5.41) is 6.49. The van der Waals surface area contributed by atoms with Crippen LogP contribution in [0, 0.1) is 11.7 Å². The largest absolute Gasteiger partial charge is 0.344 e. The normalized spacial score (nSPS) is 20.4. The lowest BCUT2D eigenvalue weighted by molar-refractivity contribution is -0.130. The minimum Gasteiger partial charge on any atom is -0.344 e. The molecule has 1 saturated heterocycles. The number of fused-ring (bicyclic) bond motifs is 3. The van der Waals surface area contributed by atoms with Crippen molar-refractivity contribution in [1.82, 2.24) is 35.3 Å². The van der Waals surface area contributed by atoms with Crippen molar-refractivity contribution in [1.29, 1.82) is 0 Å². The number of aromatic nitrogens is 5. The van der Waals surface area contributed by atoms with Gasteiger partial charge in [0.2, 0.25) is 5.91 Å². The highest BCUT2D eigenvalue weighted by Crippen LogP contribution is 2.50. The molecule has 3 unspecified atom stereocenters. The molecular weight excluding hydrogens is 525 g/mol. The molecule has 3 aromatic heterocycles. The lowest BCUT2D eigenvalue weighted by Crippen LogP contribution is -2.39. The number of piperidine rings is 1. The van der Waals surface area contributed by atoms with Crippen LogP contribution in [0.15, 0.2) is 47.1 Å². The van der Waals surface area contributed by atoms with Gasteiger partial charge in [-0.3, -0.25) is 9.59 Å². The third kappa shape index (κ3) is 4.89. The Balaban J connectivity index is 1.23. The molecule has 10 nitrogen and oxygen atoms in total. The van der Waals surface area contributed by atoms with Gasteiger partial charge in [0.05, 0.1) is 11.6 Å². The van der Waals surface area contributed by atoms with Crippen LogP contribution in [0.4, 0.5) is 4.39 Å². The number of amides is 2. The van der Waals surface area contributed by atoms with Crippen molar-refractivity contribution in [3.05, 3.63) is 71.5 Å². The predicted octanol–water partition coefficient (Wildman–Crippen LogP) is 5.00. The first-order chi connectivity index (χ1) is 19.6. The first kappa shape index (κ1) is 26.8. The van der Waals surface area contributed by atoms with E-state index in [1.807, 2.05) is 38.7 Å². The Morgan fingerprint density at radius 3 is 2.78 bits per heavy atom. The van der Waals surface area contributed by atoms with Gasteiger partial charge in [-0.25, -0.2) is 14.4 Å². The van der Waals surface area contributed by atoms with Crippen molar-refractivity contribution in [2.24, 2.45) is 5.92 Å². The molecule has 4 heterocycles. The average Bonchev–Trinajstić information content (AvgIpc) is 3.74. The van der Waals surface area contributed by atoms with Crippen molar-refractivity contribution in [3.63, 3.8) is 0 Å². The lowest BCUT2D eigenvalue weighted by Gasteiger charge is -2.33. The second-order valence-electron chi connectivity index (χ2n) is 11.8. The zero-order valence-corrected chi connectivity index (χ0v) is 23.4. The zero-order chi connectivity index (χ0) is 28.9. The smallest absolute Gasteiger partial charge is 0.315 e. The number of nitrogens with zero attached hydrogens (tertiary/aromatic N) is 5. The van der Waals surface area contributed by atoms with Gasteiger partial charge in [0.15, 0.2) is 11.5 Å². The Morgan fingerprint density at radius 2 is 2.05 bits per heavy atom. The summed E-state index contributed by atoms with van der Waals surface area (Å²) in [4.78, 5) is 44.1. The Hall–Kier alpha value is -4.41. The Bertz CT molecular complexity index is 1670. The first-order valence-electron chi connectivity index (χ1n) is 13.8. The number of halogens is 1. The monoisotopic (exact) mass is 557 g/mol. The van der Waals surface area contributed by atoms with E-state index < -0.39 is 11.7 Å². The quantitative estimate of drug-likeness (QED) is 0.319. The number of hydrogen-bond acceptors (Lipinski definition) is 7. The topological polar surface area (TPSA) is 130 Å². The summed E-state index contributed by atoms with van der Waals surface area (Å²) >= 11 is 0. The van der Waals surface area contributed by atoms with Gasteiger partial charge in [-0.15, -0.1) is 0 Å². The van der Waals surface area contributed by atoms with Gasteiger partial charge >= 0.3 is 11.8 Å². The van der Waals surface area contributed by atoms with Crippen LogP contribution < -0.4 is 5.32 Å². The lowest BCUT2D eigenvalue weighted by atomic mass is 9.96. The fourth-order valence-corrected chi connectivity index (χ4v) is 5.93. The van der Waals surface area contributed by atoms with Gasteiger partial charge in [-0.2, -0.15) is 4.98 Å². The number of aromatic amines is 1. The average molecular weight is 558 g/mol. The Kier molecular flexibility index (Phi) is 6.67. The molecule has 4 aromatic rings. The molecule has 1 aromatic carbocycles. The first-order valence-corrected chi connectivity index (χ1v) is 13.8. The van der Waals surface area contributed by atoms with E-state index in [0.29, 0.717) is 39.9 Å². The minimum absolute atomic E-state index is 0.00294. The fraction of sp³-hybridized carbons (Fsp3) is 0.400. The SMILES string of the molecule is C/C=C/C(=O)N1C2CCC(C2)C1c1nc2nccc(-c3ccc(CNC(=O)c4nc(C(C)(C)C)no4)c(F)c3)c2[nH]1. The molecule has 3 atom stereocenters. The third-order valence-electron chi connectivity index (χ3n) is 7.93. The number of imidazole rings is 1. The van der Waals surface area contributed by atoms with Gasteiger partial charge in [0.25, 0.3) is 0 Å². The van der Waals surface area contributed by atoms with E-state index in [1.165, 1.54) is 6.07 Å². The highest BCUT2D eigenvalue weighted by Gasteiger charge is 2.49. The van der Waals surface area contributed by atoms with Crippen molar-refractivity contribution in [2.45, 2.75) is 71.0 Å². The van der Waals surface area contributed by atoms with Gasteiger partial charge in [-0.05, 0) is 55.9 Å². The summed E-state index contributed by atoms with van der Waals surface area (Å²) < 4.78 is 20.3. The standard InChI is InChI=1S/C30H32FN7O3/c1-5-6-22(39)38-19-10-9-17(13-19)24(38)26-34-23-20(11-12-32-25(23)35-26)16-7-8-18(21(31)14-16)15-33-27(40)28-36-29(37-41-28)30(2,3)4/h5-8,11-12,14,17,19,24H,9-10,13,15H2,1-4H3,(H,33,40)(H,32,34,35)/b6-5+. The maximum Gasteiger partial charge on any atom is 0.315 e. The van der Waals surface area contributed by atoms with E-state index in [-0.39, 0.29) is 35.8 Å². The number of likely N-dealkylation sites (tertiary alicyclic amines) is 1. The van der Waals surface area contributed by atoms with Crippen molar-refractivity contribution < 1.29 is 18.5 Å². The van der Waals surface area contributed by atoms with Crippen LogP contribution in [-0.4, -0.2) is 47.8 Å². The second kappa shape index (κ2) is 10.2. The van der Waals surface area contributed by atoms with E-state index in [1.54, 1.807) is 30.5 Å². The summed E-state index contributed by atoms with van der Waals surface area (Å²) in [6.45, 7) is 7.54. The number of allylic oxidation sites excluding steroid dienone is 1. The molecule has 2 fully saturated rings. The number of H-pyrrole nitrogens is 1. The molecule has 2 amide bonds. The number of pyridine rings is 1. The van der Waals surface area contributed by atoms with E-state index in [9.17, 15) is 9.59 Å². The summed E-state index contributed by atoms with van der Waals surface area (Å²) in [5.41, 5.74) is 2.55. The van der Waals surface area contributed by atoms with Crippen LogP contribution >= 0.6 is 0 Å². The third-order valence-corrected chi connectivity index (χ3v) is 7.93. The number of carbonyl (C=O) groups is 2. The van der Waals surface area contributed by atoms with Crippen LogP contribution in [0.3, 0.4) is 0 Å². The highest BCUT2D eigenvalue weighted by atomic mass is 19.1. The number of rotatable bonds is 6. The zero-order valence-electron chi connectivity index (χ0n) is 23.4. The van der Waals surface area contributed by atoms with Crippen LogP contribution in [0.5, 0.6) is 0 Å². The van der Waals surface area contributed by atoms with Crippen molar-refractivity contribution >= 4 is 23.0 Å². The highest BCUT2D eigenvalue weighted by molar-refractivity contribution is 5.91. The minimum atomic E-state index is -0.570. The van der Waals surface area contributed by atoms with Crippen LogP contribution in [0.2, 0.25) is 0 Å². The predicted molar refractivity (Wildman–Crippen MR) is 149 cm³/mol. The Morgan fingerprint density at radius 1 is 1.22 bits per heavy atom. The number of hydrogen-bond donors (Lipinski definition) is 2. The molecule has 2 aliphatic rings. The molecule has 212 valence electrons. The number of carbonyl (C=O) groups excluding carboxylic acids is 2. The van der Waals surface area contributed by atoms with Gasteiger partial charge in [-0.1, -0.05) is 44.1 Å². The molecule has 0 radical (unpaired) electrons. The van der Waals surface area contributed by atoms with Gasteiger partial charge in [0, 0.05) is 35.3 Å². The number of nitrogens with one attached hydrogen (secondary N) is 2. The van der Waals surface area contributed by atoms with Crippen molar-refractivity contribution in [3.8, 4) is 11.1 Å². The maximum atomic E-state index is 15.2. The van der Waals surface area contributed by atoms with Crippen LogP contribution in [0.1, 0.15) is 80.9 Å². The Labute approximate surface area is 236 Å². The van der Waals surface area contributed by atoms with Crippen LogP contribution in [0.25, 0.3) is 22.3 Å². The van der Waals surface area contributed by atoms with E-state index in [0.717, 1.165) is 24.8 Å². The molecule has 41 heavy (non-hydrogen) atoms. The van der Waals surface area contributed by atoms with E-state index in [4.69, 9.17) is 9.51 Å². The maximum absolute atomic E-state index is 15.2. The molecule has 2 bridgehead atoms. The van der Waals surface area contributed by atoms with Gasteiger partial charge < -0.3 is 19.7 Å². The molecular formula is C30H32FN7O3. The molecule has 1 saturated carbocycles. The summed E-state index contributed by atoms with van der Waals surface area (Å²) in [7, 11) is 0. The molecule has 11 heteroatoms. The summed E-state index contributed by atoms with van der Waals surface area (Å²) in [5.74, 6) is 0.267. The fourth-order valence-electron chi connectivity index (χ4n) is 5.93. The van der Waals surface area contributed by atoms with E-state index >= 15 is 4.39 Å². The summed E-state index contributed by atoms with van der Waals surface area (Å²) in [6.07, 6.45) is 8.05. The molecule has 2 N–H and O–H groups in total.